The minimum atomic E-state index is -0.954. The Kier molecular flexibility index (Phi) is 9.60. The Morgan fingerprint density at radius 2 is 1.58 bits per heavy atom. The zero-order valence-electron chi connectivity index (χ0n) is 29.9. The average Bonchev–Trinajstić information content (AvgIpc) is 3.74. The molecule has 14 nitrogen and oxygen atoms in total. The van der Waals surface area contributed by atoms with Gasteiger partial charge in [-0.2, -0.15) is 0 Å². The molecule has 278 valence electrons. The molecule has 53 heavy (non-hydrogen) atoms. The maximum absolute atomic E-state index is 13.4. The van der Waals surface area contributed by atoms with E-state index >= 15 is 0 Å². The molecule has 5 fully saturated rings. The number of rotatable bonds is 8. The molecule has 0 saturated carbocycles. The Hall–Kier alpha value is -4.92. The Morgan fingerprint density at radius 1 is 0.849 bits per heavy atom. The number of aromatic hydroxyl groups is 1. The van der Waals surface area contributed by atoms with E-state index in [1.54, 1.807) is 36.4 Å². The number of fused-ring (bicyclic) bond motifs is 2. The van der Waals surface area contributed by atoms with Gasteiger partial charge in [-0.15, -0.1) is 0 Å². The third kappa shape index (κ3) is 6.86. The monoisotopic (exact) mass is 721 g/mol. The van der Waals surface area contributed by atoms with Gasteiger partial charge in [0, 0.05) is 63.8 Å². The summed E-state index contributed by atoms with van der Waals surface area (Å²) in [4.78, 5) is 61.5. The molecule has 8 rings (SSSR count). The van der Waals surface area contributed by atoms with Crippen molar-refractivity contribution in [1.29, 1.82) is 10.8 Å². The Bertz CT molecular complexity index is 1890. The van der Waals surface area contributed by atoms with E-state index in [0.29, 0.717) is 46.7 Å². The number of likely N-dealkylation sites (tertiary alicyclic amines) is 2. The molecule has 0 spiro atoms. The highest BCUT2D eigenvalue weighted by atomic mass is 16.3. The second kappa shape index (κ2) is 14.5. The Balaban J connectivity index is 0.803. The smallest absolute Gasteiger partial charge is 0.262 e. The van der Waals surface area contributed by atoms with Gasteiger partial charge >= 0.3 is 0 Å². The average molecular weight is 722 g/mol. The number of allylic oxidation sites excluding steroid dienone is 1. The van der Waals surface area contributed by atoms with Crippen molar-refractivity contribution in [3.63, 3.8) is 0 Å². The van der Waals surface area contributed by atoms with Crippen molar-refractivity contribution in [3.8, 4) is 5.75 Å². The van der Waals surface area contributed by atoms with Crippen LogP contribution in [0.1, 0.15) is 69.9 Å². The first-order valence-corrected chi connectivity index (χ1v) is 18.9. The van der Waals surface area contributed by atoms with Crippen LogP contribution in [-0.4, -0.2) is 148 Å². The van der Waals surface area contributed by atoms with Gasteiger partial charge in [0.2, 0.25) is 11.8 Å². The van der Waals surface area contributed by atoms with Gasteiger partial charge in [0.25, 0.3) is 11.8 Å². The molecule has 2 aromatic carbocycles. The van der Waals surface area contributed by atoms with Crippen LogP contribution in [0.4, 0.5) is 0 Å². The third-order valence-corrected chi connectivity index (χ3v) is 12.1. The second-order valence-corrected chi connectivity index (χ2v) is 15.2. The maximum atomic E-state index is 13.4. The lowest BCUT2D eigenvalue weighted by atomic mass is 9.87. The van der Waals surface area contributed by atoms with Crippen LogP contribution in [-0.2, 0) is 9.59 Å². The molecule has 4 amide bonds. The lowest BCUT2D eigenvalue weighted by molar-refractivity contribution is -0.136. The molecule has 0 radical (unpaired) electrons. The van der Waals surface area contributed by atoms with E-state index in [0.717, 1.165) is 88.6 Å². The van der Waals surface area contributed by atoms with Crippen LogP contribution in [0, 0.1) is 10.8 Å². The van der Waals surface area contributed by atoms with Crippen LogP contribution in [0.3, 0.4) is 0 Å². The number of phenolic OH excluding ortho intramolecular Hbond substituents is 1. The number of benzene rings is 2. The summed E-state index contributed by atoms with van der Waals surface area (Å²) in [6.45, 7) is 9.38. The summed E-state index contributed by atoms with van der Waals surface area (Å²) < 4.78 is 0. The van der Waals surface area contributed by atoms with Crippen molar-refractivity contribution in [2.24, 2.45) is 0 Å². The fraction of sp³-hybridized carbons (Fsp3) is 0.487. The largest absolute Gasteiger partial charge is 0.507 e. The zero-order valence-corrected chi connectivity index (χ0v) is 29.9. The number of hydrogen-bond donors (Lipinski definition) is 5. The molecule has 6 aliphatic rings. The van der Waals surface area contributed by atoms with Crippen LogP contribution in [0.15, 0.2) is 54.2 Å². The van der Waals surface area contributed by atoms with E-state index in [4.69, 9.17) is 10.8 Å². The SMILES string of the molecule is N=C1NC[C@H]2CN(CCN3CCC(N4CCC(c5ccc6c(c5)C(=O)N(C5CCC(=O)NC5=O)C6=O)CC4)C3)CCN2/C1=C/C(=N)c1ccccc1O. The number of carbonyl (C=O) groups is 4. The number of nitrogens with one attached hydrogen (secondary N) is 4. The molecular formula is C39H47N9O5. The summed E-state index contributed by atoms with van der Waals surface area (Å²) in [5.74, 6) is -1.21. The number of piperidine rings is 2. The van der Waals surface area contributed by atoms with Crippen LogP contribution in [0.25, 0.3) is 0 Å². The van der Waals surface area contributed by atoms with Gasteiger partial charge in [0.05, 0.1) is 28.6 Å². The Morgan fingerprint density at radius 3 is 2.36 bits per heavy atom. The van der Waals surface area contributed by atoms with Gasteiger partial charge in [-0.3, -0.25) is 44.6 Å². The van der Waals surface area contributed by atoms with Crippen molar-refractivity contribution < 1.29 is 24.3 Å². The van der Waals surface area contributed by atoms with E-state index in [-0.39, 0.29) is 36.3 Å². The summed E-state index contributed by atoms with van der Waals surface area (Å²) in [6.07, 6.45) is 5.07. The predicted octanol–water partition coefficient (Wildman–Crippen LogP) is 1.57. The first-order valence-electron chi connectivity index (χ1n) is 18.9. The minimum Gasteiger partial charge on any atom is -0.507 e. The first-order chi connectivity index (χ1) is 25.6. The fourth-order valence-electron chi connectivity index (χ4n) is 9.08. The van der Waals surface area contributed by atoms with Gasteiger partial charge in [-0.05, 0) is 87.1 Å². The summed E-state index contributed by atoms with van der Waals surface area (Å²) in [6, 6.07) is 12.2. The molecule has 0 bridgehead atoms. The highest BCUT2D eigenvalue weighted by molar-refractivity contribution is 6.23. The number of phenols is 1. The van der Waals surface area contributed by atoms with Gasteiger partial charge < -0.3 is 25.6 Å². The van der Waals surface area contributed by atoms with Crippen LogP contribution < -0.4 is 10.6 Å². The number of nitrogens with zero attached hydrogens (tertiary/aromatic N) is 5. The fourth-order valence-corrected chi connectivity index (χ4v) is 9.08. The number of amides is 4. The number of para-hydroxylation sites is 1. The first kappa shape index (κ1) is 35.1. The zero-order chi connectivity index (χ0) is 36.8. The quantitative estimate of drug-likeness (QED) is 0.199. The number of imide groups is 2. The summed E-state index contributed by atoms with van der Waals surface area (Å²) >= 11 is 0. The summed E-state index contributed by atoms with van der Waals surface area (Å²) in [5, 5.41) is 32.8. The van der Waals surface area contributed by atoms with Crippen LogP contribution in [0.5, 0.6) is 5.75 Å². The number of carbonyl (C=O) groups excluding carboxylic acids is 4. The molecule has 2 aromatic rings. The Labute approximate surface area is 308 Å². The summed E-state index contributed by atoms with van der Waals surface area (Å²) in [5.41, 5.74) is 3.10. The molecule has 6 heterocycles. The molecule has 3 atom stereocenters. The highest BCUT2D eigenvalue weighted by Crippen LogP contribution is 2.35. The number of hydrogen-bond acceptors (Lipinski definition) is 11. The second-order valence-electron chi connectivity index (χ2n) is 15.2. The highest BCUT2D eigenvalue weighted by Gasteiger charge is 2.45. The molecule has 6 aliphatic heterocycles. The maximum Gasteiger partial charge on any atom is 0.262 e. The van der Waals surface area contributed by atoms with E-state index in [1.165, 1.54) is 0 Å². The normalized spacial score (nSPS) is 26.9. The van der Waals surface area contributed by atoms with E-state index in [9.17, 15) is 24.3 Å². The summed E-state index contributed by atoms with van der Waals surface area (Å²) in [7, 11) is 0. The minimum absolute atomic E-state index is 0.0656. The van der Waals surface area contributed by atoms with Crippen LogP contribution in [0.2, 0.25) is 0 Å². The number of amidine groups is 1. The molecular weight excluding hydrogens is 674 g/mol. The molecule has 14 heteroatoms. The number of piperazine rings is 2. The topological polar surface area (TPSA) is 176 Å². The van der Waals surface area contributed by atoms with Crippen molar-refractivity contribution in [3.05, 3.63) is 76.5 Å². The molecule has 0 aliphatic carbocycles. The van der Waals surface area contributed by atoms with Gasteiger partial charge in [0.15, 0.2) is 0 Å². The van der Waals surface area contributed by atoms with Crippen molar-refractivity contribution in [2.75, 3.05) is 65.4 Å². The van der Waals surface area contributed by atoms with Gasteiger partial charge in [-0.1, -0.05) is 18.2 Å². The van der Waals surface area contributed by atoms with Gasteiger partial charge in [-0.25, -0.2) is 0 Å². The van der Waals surface area contributed by atoms with Gasteiger partial charge in [0.1, 0.15) is 17.6 Å². The van der Waals surface area contributed by atoms with Crippen molar-refractivity contribution in [2.45, 2.75) is 56.1 Å². The molecule has 5 N–H and O–H groups in total. The predicted molar refractivity (Wildman–Crippen MR) is 197 cm³/mol. The molecule has 2 unspecified atom stereocenters. The molecule has 0 aromatic heterocycles. The lowest BCUT2D eigenvalue weighted by Crippen LogP contribution is -2.62. The van der Waals surface area contributed by atoms with E-state index in [2.05, 4.69) is 30.2 Å². The standard InChI is InChI=1S/C39H47N9O5/c40-31(29-3-1-2-4-34(29)49)20-33-36(41)42-21-27-23-45(17-18-47(27)33)16-15-44-12-11-26(22-44)46-13-9-24(10-14-46)25-5-6-28-30(19-25)39(53)48(38(28)52)32-7-8-35(50)43-37(32)51/h1-6,19-20,24,26-27,32,40,49H,7-18,21-23H2,(H2,41,42)(H,43,50,51)/b33-20+,40-31?/t26?,27-,32?/m0/s1. The van der Waals surface area contributed by atoms with E-state index < -0.39 is 23.8 Å². The van der Waals surface area contributed by atoms with Crippen molar-refractivity contribution in [1.82, 2.24) is 35.1 Å². The van der Waals surface area contributed by atoms with Crippen molar-refractivity contribution >= 4 is 35.2 Å². The lowest BCUT2D eigenvalue weighted by Gasteiger charge is -2.47. The van der Waals surface area contributed by atoms with E-state index in [1.807, 2.05) is 12.1 Å². The third-order valence-electron chi connectivity index (χ3n) is 12.1. The molecule has 5 saturated heterocycles. The van der Waals surface area contributed by atoms with Crippen LogP contribution >= 0.6 is 0 Å².